The highest BCUT2D eigenvalue weighted by Crippen LogP contribution is 2.29. The Kier molecular flexibility index (Phi) is 11.7. The third-order valence-corrected chi connectivity index (χ3v) is 5.08. The van der Waals surface area contributed by atoms with E-state index in [-0.39, 0.29) is 0 Å². The van der Waals surface area contributed by atoms with E-state index in [1.54, 1.807) is 6.08 Å². The molecule has 1 saturated carbocycles. The fourth-order valence-electron chi connectivity index (χ4n) is 3.67. The van der Waals surface area contributed by atoms with Crippen molar-refractivity contribution in [2.75, 3.05) is 6.54 Å². The molecule has 1 rings (SSSR count). The van der Waals surface area contributed by atoms with E-state index >= 15 is 0 Å². The highest BCUT2D eigenvalue weighted by molar-refractivity contribution is 5.25. The summed E-state index contributed by atoms with van der Waals surface area (Å²) in [6.45, 7) is 12.1. The topological polar surface area (TPSA) is 32.3 Å². The van der Waals surface area contributed by atoms with Gasteiger partial charge < -0.3 is 10.4 Å². The summed E-state index contributed by atoms with van der Waals surface area (Å²) in [6, 6.07) is 0.512. The van der Waals surface area contributed by atoms with Gasteiger partial charge in [-0.1, -0.05) is 74.6 Å². The Bertz CT molecular complexity index is 538. The zero-order valence-corrected chi connectivity index (χ0v) is 16.7. The largest absolute Gasteiger partial charge is 0.387 e. The van der Waals surface area contributed by atoms with Gasteiger partial charge in [0.1, 0.15) is 0 Å². The Hall–Kier alpha value is -1.64. The monoisotopic (exact) mass is 355 g/mol. The molecule has 1 fully saturated rings. The average Bonchev–Trinajstić information content (AvgIpc) is 2.66. The van der Waals surface area contributed by atoms with Crippen LogP contribution in [0.25, 0.3) is 0 Å². The zero-order chi connectivity index (χ0) is 19.2. The molecule has 3 atom stereocenters. The van der Waals surface area contributed by atoms with Gasteiger partial charge in [-0.25, -0.2) is 0 Å². The zero-order valence-electron chi connectivity index (χ0n) is 16.7. The van der Waals surface area contributed by atoms with Crippen molar-refractivity contribution in [2.45, 2.75) is 64.5 Å². The van der Waals surface area contributed by atoms with Gasteiger partial charge in [-0.05, 0) is 56.6 Å². The van der Waals surface area contributed by atoms with E-state index in [0.717, 1.165) is 17.9 Å². The molecule has 144 valence electrons. The minimum absolute atomic E-state index is 0.464. The predicted octanol–water partition coefficient (Wildman–Crippen LogP) is 5.65. The van der Waals surface area contributed by atoms with E-state index < -0.39 is 6.10 Å². The maximum absolute atomic E-state index is 10.4. The summed E-state index contributed by atoms with van der Waals surface area (Å²) in [5.74, 6) is 0.763. The number of aliphatic hydroxyl groups excluding tert-OH is 1. The molecule has 0 aliphatic heterocycles. The van der Waals surface area contributed by atoms with Crippen molar-refractivity contribution in [2.24, 2.45) is 5.92 Å². The van der Waals surface area contributed by atoms with Crippen LogP contribution in [0, 0.1) is 5.92 Å². The highest BCUT2D eigenvalue weighted by atomic mass is 16.3. The quantitative estimate of drug-likeness (QED) is 0.469. The average molecular weight is 356 g/mol. The van der Waals surface area contributed by atoms with E-state index in [0.29, 0.717) is 12.6 Å². The number of hydrogen-bond donors (Lipinski definition) is 2. The van der Waals surface area contributed by atoms with E-state index in [9.17, 15) is 5.11 Å². The van der Waals surface area contributed by atoms with Gasteiger partial charge in [0, 0.05) is 12.6 Å². The van der Waals surface area contributed by atoms with Crippen LogP contribution in [-0.4, -0.2) is 23.8 Å². The second-order valence-electron chi connectivity index (χ2n) is 7.05. The van der Waals surface area contributed by atoms with Crippen molar-refractivity contribution in [1.29, 1.82) is 0 Å². The van der Waals surface area contributed by atoms with Crippen molar-refractivity contribution < 1.29 is 5.11 Å². The molecular formula is C24H37NO. The lowest BCUT2D eigenvalue weighted by molar-refractivity contribution is 0.190. The van der Waals surface area contributed by atoms with Crippen molar-refractivity contribution >= 4 is 0 Å². The summed E-state index contributed by atoms with van der Waals surface area (Å²) < 4.78 is 0. The SMILES string of the molecule is C=C/C=C\C(=C/C)C(O)CNC1CCCC(CCC(/C=C\C)=C/C=C)C1. The van der Waals surface area contributed by atoms with Crippen LogP contribution in [0.3, 0.4) is 0 Å². The smallest absolute Gasteiger partial charge is 0.0911 e. The van der Waals surface area contributed by atoms with Gasteiger partial charge in [-0.15, -0.1) is 0 Å². The first-order valence-electron chi connectivity index (χ1n) is 9.95. The Balaban J connectivity index is 2.45. The summed E-state index contributed by atoms with van der Waals surface area (Å²) in [7, 11) is 0. The molecule has 0 radical (unpaired) electrons. The fourth-order valence-corrected chi connectivity index (χ4v) is 3.67. The normalized spacial score (nSPS) is 23.5. The lowest BCUT2D eigenvalue weighted by Gasteiger charge is -2.31. The van der Waals surface area contributed by atoms with E-state index in [1.807, 2.05) is 31.2 Å². The molecule has 0 aromatic carbocycles. The van der Waals surface area contributed by atoms with Crippen molar-refractivity contribution in [3.63, 3.8) is 0 Å². The molecule has 0 spiro atoms. The number of aliphatic hydroxyl groups is 1. The molecule has 0 saturated heterocycles. The second-order valence-corrected chi connectivity index (χ2v) is 7.05. The molecule has 26 heavy (non-hydrogen) atoms. The first-order valence-corrected chi connectivity index (χ1v) is 9.95. The van der Waals surface area contributed by atoms with Gasteiger partial charge in [0.2, 0.25) is 0 Å². The molecule has 0 aromatic heterocycles. The fraction of sp³-hybridized carbons (Fsp3) is 0.500. The molecule has 2 heteroatoms. The van der Waals surface area contributed by atoms with Crippen LogP contribution in [0.1, 0.15) is 52.4 Å². The summed E-state index contributed by atoms with van der Waals surface area (Å²) in [5, 5.41) is 14.0. The van der Waals surface area contributed by atoms with Gasteiger partial charge >= 0.3 is 0 Å². The van der Waals surface area contributed by atoms with Crippen molar-refractivity contribution in [3.8, 4) is 0 Å². The van der Waals surface area contributed by atoms with Gasteiger partial charge in [0.15, 0.2) is 0 Å². The van der Waals surface area contributed by atoms with Gasteiger partial charge in [0.05, 0.1) is 6.10 Å². The summed E-state index contributed by atoms with van der Waals surface area (Å²) in [6.07, 6.45) is 22.7. The molecule has 2 nitrogen and oxygen atoms in total. The lowest BCUT2D eigenvalue weighted by Crippen LogP contribution is -2.39. The Morgan fingerprint density at radius 3 is 2.65 bits per heavy atom. The molecule has 1 aliphatic rings. The molecule has 0 amide bonds. The summed E-state index contributed by atoms with van der Waals surface area (Å²) >= 11 is 0. The lowest BCUT2D eigenvalue weighted by atomic mass is 9.82. The van der Waals surface area contributed by atoms with Gasteiger partial charge in [-0.2, -0.15) is 0 Å². The standard InChI is InChI=1S/C24H37NO/c1-5-9-14-22(8-4)24(26)19-25-23-15-10-13-21(18-23)17-16-20(11-6-2)12-7-3/h5-9,11-12,14,21,23-26H,1-2,10,13,15-19H2,3-4H3/b12-7-,14-9-,20-11+,22-8+. The Morgan fingerprint density at radius 2 is 2.00 bits per heavy atom. The van der Waals surface area contributed by atoms with Crippen LogP contribution in [-0.2, 0) is 0 Å². The van der Waals surface area contributed by atoms with E-state index in [2.05, 4.69) is 43.6 Å². The maximum atomic E-state index is 10.4. The van der Waals surface area contributed by atoms with E-state index in [4.69, 9.17) is 0 Å². The minimum Gasteiger partial charge on any atom is -0.387 e. The number of rotatable bonds is 11. The van der Waals surface area contributed by atoms with Crippen LogP contribution < -0.4 is 5.32 Å². The molecular weight excluding hydrogens is 318 g/mol. The molecule has 0 bridgehead atoms. The van der Waals surface area contributed by atoms with E-state index in [1.165, 1.54) is 37.7 Å². The first-order chi connectivity index (χ1) is 12.6. The number of hydrogen-bond acceptors (Lipinski definition) is 2. The Labute approximate surface area is 160 Å². The van der Waals surface area contributed by atoms with Gasteiger partial charge in [0.25, 0.3) is 0 Å². The van der Waals surface area contributed by atoms with Gasteiger partial charge in [-0.3, -0.25) is 0 Å². The van der Waals surface area contributed by atoms with Crippen LogP contribution in [0.2, 0.25) is 0 Å². The Morgan fingerprint density at radius 1 is 1.19 bits per heavy atom. The van der Waals surface area contributed by atoms with Crippen LogP contribution in [0.4, 0.5) is 0 Å². The molecule has 1 aliphatic carbocycles. The minimum atomic E-state index is -0.464. The second kappa shape index (κ2) is 13.5. The third-order valence-electron chi connectivity index (χ3n) is 5.08. The molecule has 0 heterocycles. The molecule has 0 aromatic rings. The van der Waals surface area contributed by atoms with Crippen LogP contribution in [0.5, 0.6) is 0 Å². The number of allylic oxidation sites excluding steroid dienone is 8. The highest BCUT2D eigenvalue weighted by Gasteiger charge is 2.22. The third kappa shape index (κ3) is 8.64. The molecule has 2 N–H and O–H groups in total. The molecule has 3 unspecified atom stereocenters. The first kappa shape index (κ1) is 22.4. The summed E-state index contributed by atoms with van der Waals surface area (Å²) in [4.78, 5) is 0. The van der Waals surface area contributed by atoms with Crippen LogP contribution >= 0.6 is 0 Å². The predicted molar refractivity (Wildman–Crippen MR) is 115 cm³/mol. The van der Waals surface area contributed by atoms with Crippen LogP contribution in [0.15, 0.2) is 72.9 Å². The van der Waals surface area contributed by atoms with Crippen molar-refractivity contribution in [1.82, 2.24) is 5.32 Å². The maximum Gasteiger partial charge on any atom is 0.0911 e. The van der Waals surface area contributed by atoms with Crippen molar-refractivity contribution in [3.05, 3.63) is 72.9 Å². The summed E-state index contributed by atoms with van der Waals surface area (Å²) in [5.41, 5.74) is 2.30. The number of nitrogens with one attached hydrogen (secondary N) is 1.